The Labute approximate surface area is 132 Å². The first-order valence-electron chi connectivity index (χ1n) is 8.25. The predicted molar refractivity (Wildman–Crippen MR) is 84.5 cm³/mol. The van der Waals surface area contributed by atoms with Crippen LogP contribution in [0.15, 0.2) is 0 Å². The van der Waals surface area contributed by atoms with Crippen LogP contribution < -0.4 is 10.6 Å². The van der Waals surface area contributed by atoms with Crippen molar-refractivity contribution in [1.29, 1.82) is 0 Å². The van der Waals surface area contributed by atoms with Gasteiger partial charge in [-0.2, -0.15) is 0 Å². The lowest BCUT2D eigenvalue weighted by molar-refractivity contribution is -0.119. The summed E-state index contributed by atoms with van der Waals surface area (Å²) >= 11 is 0. The smallest absolute Gasteiger partial charge is 0.410 e. The molecule has 0 aliphatic carbocycles. The van der Waals surface area contributed by atoms with Gasteiger partial charge in [-0.15, -0.1) is 0 Å². The molecule has 2 amide bonds. The minimum atomic E-state index is -0.455. The van der Waals surface area contributed by atoms with E-state index in [1.54, 1.807) is 0 Å². The van der Waals surface area contributed by atoms with Gasteiger partial charge in [-0.3, -0.25) is 4.79 Å². The normalized spacial score (nSPS) is 27.5. The summed E-state index contributed by atoms with van der Waals surface area (Å²) in [6.07, 6.45) is 2.42. The average molecular weight is 311 g/mol. The van der Waals surface area contributed by atoms with E-state index in [2.05, 4.69) is 17.6 Å². The molecule has 0 aromatic rings. The molecule has 2 rings (SSSR count). The molecule has 22 heavy (non-hydrogen) atoms. The van der Waals surface area contributed by atoms with Crippen LogP contribution in [0.2, 0.25) is 0 Å². The standard InChI is InChI=1S/C16H29N3O3/c1-11(18-13-8-14(20)17-9-13)12-6-5-7-19(10-12)15(21)22-16(2,3)4/h11-13,18H,5-10H2,1-4H3,(H,17,20). The van der Waals surface area contributed by atoms with Gasteiger partial charge in [0.25, 0.3) is 0 Å². The van der Waals surface area contributed by atoms with Crippen molar-refractivity contribution in [3.63, 3.8) is 0 Å². The van der Waals surface area contributed by atoms with Crippen molar-refractivity contribution in [2.75, 3.05) is 19.6 Å². The van der Waals surface area contributed by atoms with Crippen LogP contribution in [-0.2, 0) is 9.53 Å². The van der Waals surface area contributed by atoms with Crippen molar-refractivity contribution >= 4 is 12.0 Å². The molecule has 3 unspecified atom stereocenters. The Morgan fingerprint density at radius 3 is 2.77 bits per heavy atom. The van der Waals surface area contributed by atoms with E-state index in [0.29, 0.717) is 18.9 Å². The van der Waals surface area contributed by atoms with E-state index >= 15 is 0 Å². The molecule has 0 bridgehead atoms. The average Bonchev–Trinajstić information content (AvgIpc) is 2.82. The van der Waals surface area contributed by atoms with Crippen molar-refractivity contribution in [2.24, 2.45) is 5.92 Å². The highest BCUT2D eigenvalue weighted by molar-refractivity contribution is 5.78. The molecule has 6 heteroatoms. The summed E-state index contributed by atoms with van der Waals surface area (Å²) in [6.45, 7) is 10.00. The number of piperidine rings is 1. The molecule has 0 aromatic carbocycles. The first-order valence-corrected chi connectivity index (χ1v) is 8.25. The molecule has 2 fully saturated rings. The highest BCUT2D eigenvalue weighted by Gasteiger charge is 2.32. The van der Waals surface area contributed by atoms with Gasteiger partial charge in [-0.05, 0) is 46.5 Å². The fraction of sp³-hybridized carbons (Fsp3) is 0.875. The maximum absolute atomic E-state index is 12.2. The number of carbonyl (C=O) groups excluding carboxylic acids is 2. The Kier molecular flexibility index (Phi) is 5.32. The number of nitrogens with one attached hydrogen (secondary N) is 2. The number of hydrogen-bond acceptors (Lipinski definition) is 4. The quantitative estimate of drug-likeness (QED) is 0.828. The molecule has 0 radical (unpaired) electrons. The van der Waals surface area contributed by atoms with E-state index in [4.69, 9.17) is 4.74 Å². The third kappa shape index (κ3) is 4.87. The van der Waals surface area contributed by atoms with Crippen molar-refractivity contribution in [3.8, 4) is 0 Å². The predicted octanol–water partition coefficient (Wildman–Crippen LogP) is 1.50. The molecule has 2 aliphatic heterocycles. The third-order valence-corrected chi connectivity index (χ3v) is 4.29. The van der Waals surface area contributed by atoms with Crippen LogP contribution in [0.25, 0.3) is 0 Å². The minimum Gasteiger partial charge on any atom is -0.444 e. The Balaban J connectivity index is 1.84. The molecule has 6 nitrogen and oxygen atoms in total. The molecule has 2 N–H and O–H groups in total. The molecular formula is C16H29N3O3. The van der Waals surface area contributed by atoms with E-state index in [9.17, 15) is 9.59 Å². The second-order valence-electron chi connectivity index (χ2n) is 7.49. The minimum absolute atomic E-state index is 0.115. The molecule has 0 saturated carbocycles. The van der Waals surface area contributed by atoms with Gasteiger partial charge in [-0.1, -0.05) is 0 Å². The lowest BCUT2D eigenvalue weighted by atomic mass is 9.91. The van der Waals surface area contributed by atoms with Gasteiger partial charge >= 0.3 is 6.09 Å². The Morgan fingerprint density at radius 2 is 2.18 bits per heavy atom. The largest absolute Gasteiger partial charge is 0.444 e. The molecule has 0 spiro atoms. The lowest BCUT2D eigenvalue weighted by Gasteiger charge is -2.37. The molecule has 3 atom stereocenters. The van der Waals surface area contributed by atoms with E-state index < -0.39 is 5.60 Å². The maximum Gasteiger partial charge on any atom is 0.410 e. The fourth-order valence-corrected chi connectivity index (χ4v) is 3.14. The third-order valence-electron chi connectivity index (χ3n) is 4.29. The van der Waals surface area contributed by atoms with Gasteiger partial charge in [0, 0.05) is 38.1 Å². The van der Waals surface area contributed by atoms with E-state index in [1.807, 2.05) is 25.7 Å². The van der Waals surface area contributed by atoms with Crippen LogP contribution in [0, 0.1) is 5.92 Å². The number of likely N-dealkylation sites (tertiary alicyclic amines) is 1. The van der Waals surface area contributed by atoms with E-state index in [1.165, 1.54) is 0 Å². The maximum atomic E-state index is 12.2. The zero-order valence-corrected chi connectivity index (χ0v) is 14.1. The highest BCUT2D eigenvalue weighted by Crippen LogP contribution is 2.22. The van der Waals surface area contributed by atoms with E-state index in [-0.39, 0.29) is 24.1 Å². The summed E-state index contributed by atoms with van der Waals surface area (Å²) in [5.74, 6) is 0.515. The van der Waals surface area contributed by atoms with Crippen LogP contribution in [0.3, 0.4) is 0 Å². The fourth-order valence-electron chi connectivity index (χ4n) is 3.14. The van der Waals surface area contributed by atoms with Crippen LogP contribution >= 0.6 is 0 Å². The summed E-state index contributed by atoms with van der Waals surface area (Å²) in [7, 11) is 0. The van der Waals surface area contributed by atoms with Crippen LogP contribution in [0.5, 0.6) is 0 Å². The number of hydrogen-bond donors (Lipinski definition) is 2. The highest BCUT2D eigenvalue weighted by atomic mass is 16.6. The van der Waals surface area contributed by atoms with Gasteiger partial charge in [-0.25, -0.2) is 4.79 Å². The number of rotatable bonds is 3. The van der Waals surface area contributed by atoms with E-state index in [0.717, 1.165) is 25.9 Å². The first-order chi connectivity index (χ1) is 10.2. The second-order valence-corrected chi connectivity index (χ2v) is 7.49. The van der Waals surface area contributed by atoms with Crippen LogP contribution in [-0.4, -0.2) is 54.2 Å². The summed E-state index contributed by atoms with van der Waals surface area (Å²) in [6, 6.07) is 0.488. The van der Waals surface area contributed by atoms with Gasteiger partial charge in [0.15, 0.2) is 0 Å². The van der Waals surface area contributed by atoms with Crippen molar-refractivity contribution in [2.45, 2.75) is 64.6 Å². The topological polar surface area (TPSA) is 70.7 Å². The number of amides is 2. The molecule has 2 heterocycles. The second kappa shape index (κ2) is 6.86. The van der Waals surface area contributed by atoms with Gasteiger partial charge < -0.3 is 20.3 Å². The van der Waals surface area contributed by atoms with Crippen LogP contribution in [0.4, 0.5) is 4.79 Å². The molecule has 2 aliphatic rings. The molecular weight excluding hydrogens is 282 g/mol. The van der Waals surface area contributed by atoms with Crippen molar-refractivity contribution in [1.82, 2.24) is 15.5 Å². The molecule has 126 valence electrons. The molecule has 0 aromatic heterocycles. The first kappa shape index (κ1) is 17.1. The zero-order valence-electron chi connectivity index (χ0n) is 14.1. The summed E-state index contributed by atoms with van der Waals surface area (Å²) in [5, 5.41) is 6.37. The summed E-state index contributed by atoms with van der Waals surface area (Å²) < 4.78 is 5.46. The van der Waals surface area contributed by atoms with Gasteiger partial charge in [0.05, 0.1) is 0 Å². The molecule has 2 saturated heterocycles. The Bertz CT molecular complexity index is 419. The van der Waals surface area contributed by atoms with Crippen molar-refractivity contribution in [3.05, 3.63) is 0 Å². The summed E-state index contributed by atoms with van der Waals surface area (Å²) in [4.78, 5) is 25.3. The number of carbonyl (C=O) groups is 2. The monoisotopic (exact) mass is 311 g/mol. The summed E-state index contributed by atoms with van der Waals surface area (Å²) in [5.41, 5.74) is -0.455. The Hall–Kier alpha value is -1.30. The van der Waals surface area contributed by atoms with Gasteiger partial charge in [0.2, 0.25) is 5.91 Å². The number of ether oxygens (including phenoxy) is 1. The SMILES string of the molecule is CC(NC1CNC(=O)C1)C1CCCN(C(=O)OC(C)(C)C)C1. The van der Waals surface area contributed by atoms with Gasteiger partial charge in [0.1, 0.15) is 5.60 Å². The number of nitrogens with zero attached hydrogens (tertiary/aromatic N) is 1. The lowest BCUT2D eigenvalue weighted by Crippen LogP contribution is -2.50. The van der Waals surface area contributed by atoms with Crippen molar-refractivity contribution < 1.29 is 14.3 Å². The zero-order chi connectivity index (χ0) is 16.3. The van der Waals surface area contributed by atoms with Crippen LogP contribution in [0.1, 0.15) is 47.0 Å². The Morgan fingerprint density at radius 1 is 1.45 bits per heavy atom.